The smallest absolute Gasteiger partial charge is 0.407 e. The molecule has 2 aromatic carbocycles. The second-order valence-corrected chi connectivity index (χ2v) is 10.8. The largest absolute Gasteiger partial charge is 0.480 e. The molecule has 2 amide bonds. The molecule has 7 heteroatoms. The van der Waals surface area contributed by atoms with Crippen molar-refractivity contribution in [3.63, 3.8) is 0 Å². The van der Waals surface area contributed by atoms with Crippen LogP contribution in [0.25, 0.3) is 11.1 Å². The van der Waals surface area contributed by atoms with E-state index in [1.807, 2.05) is 71.0 Å². The molecule has 0 aliphatic heterocycles. The van der Waals surface area contributed by atoms with E-state index < -0.39 is 30.6 Å². The Kier molecular flexibility index (Phi) is 8.20. The monoisotopic (exact) mass is 480 g/mol. The molecule has 0 bridgehead atoms. The summed E-state index contributed by atoms with van der Waals surface area (Å²) in [6.45, 7) is 9.76. The van der Waals surface area contributed by atoms with E-state index in [1.165, 1.54) is 4.90 Å². The first-order chi connectivity index (χ1) is 16.5. The number of nitrogens with one attached hydrogen (secondary N) is 1. The molecule has 0 aromatic heterocycles. The molecule has 0 fully saturated rings. The number of nitrogens with zero attached hydrogens (tertiary/aromatic N) is 1. The Balaban J connectivity index is 1.74. The quantitative estimate of drug-likeness (QED) is 0.532. The van der Waals surface area contributed by atoms with Crippen LogP contribution in [0.4, 0.5) is 4.79 Å². The van der Waals surface area contributed by atoms with Gasteiger partial charge in [0.05, 0.1) is 0 Å². The van der Waals surface area contributed by atoms with E-state index in [4.69, 9.17) is 4.74 Å². The van der Waals surface area contributed by atoms with Crippen molar-refractivity contribution in [2.75, 3.05) is 19.7 Å². The van der Waals surface area contributed by atoms with Crippen LogP contribution in [-0.4, -0.2) is 53.7 Å². The molecule has 188 valence electrons. The molecule has 2 N–H and O–H groups in total. The summed E-state index contributed by atoms with van der Waals surface area (Å²) >= 11 is 0. The fourth-order valence-corrected chi connectivity index (χ4v) is 4.65. The molecule has 0 heterocycles. The normalized spacial score (nSPS) is 13.7. The molecule has 0 saturated carbocycles. The minimum absolute atomic E-state index is 0.0861. The Morgan fingerprint density at radius 1 is 1.00 bits per heavy atom. The van der Waals surface area contributed by atoms with E-state index in [0.29, 0.717) is 6.42 Å². The van der Waals surface area contributed by atoms with Crippen LogP contribution in [0.3, 0.4) is 0 Å². The number of aliphatic carboxylic acids is 1. The van der Waals surface area contributed by atoms with Crippen molar-refractivity contribution in [2.45, 2.75) is 53.0 Å². The van der Waals surface area contributed by atoms with Crippen LogP contribution in [0, 0.1) is 11.3 Å². The fourth-order valence-electron chi connectivity index (χ4n) is 4.65. The molecule has 1 unspecified atom stereocenters. The van der Waals surface area contributed by atoms with Gasteiger partial charge in [-0.2, -0.15) is 0 Å². The zero-order valence-electron chi connectivity index (χ0n) is 21.2. The highest BCUT2D eigenvalue weighted by Gasteiger charge is 2.33. The molecule has 35 heavy (non-hydrogen) atoms. The zero-order chi connectivity index (χ0) is 25.8. The van der Waals surface area contributed by atoms with Gasteiger partial charge in [0, 0.05) is 12.5 Å². The fraction of sp³-hybridized carbons (Fsp3) is 0.464. The van der Waals surface area contributed by atoms with E-state index in [-0.39, 0.29) is 30.4 Å². The zero-order valence-corrected chi connectivity index (χ0v) is 21.2. The lowest BCUT2D eigenvalue weighted by molar-refractivity contribution is -0.146. The summed E-state index contributed by atoms with van der Waals surface area (Å²) in [7, 11) is 0. The molecule has 3 rings (SSSR count). The molecule has 1 aliphatic rings. The van der Waals surface area contributed by atoms with E-state index in [9.17, 15) is 19.5 Å². The summed E-state index contributed by atoms with van der Waals surface area (Å²) in [5.74, 6) is -1.50. The lowest BCUT2D eigenvalue weighted by Crippen LogP contribution is -2.52. The lowest BCUT2D eigenvalue weighted by atomic mass is 9.87. The number of hydrogen-bond acceptors (Lipinski definition) is 4. The Bertz CT molecular complexity index is 1030. The maximum atomic E-state index is 13.3. The number of carbonyl (C=O) groups excluding carboxylic acids is 2. The Hall–Kier alpha value is -3.35. The highest BCUT2D eigenvalue weighted by Crippen LogP contribution is 2.44. The first-order valence-electron chi connectivity index (χ1n) is 12.1. The van der Waals surface area contributed by atoms with Crippen molar-refractivity contribution in [1.29, 1.82) is 0 Å². The van der Waals surface area contributed by atoms with Crippen molar-refractivity contribution in [2.24, 2.45) is 11.3 Å². The molecule has 7 nitrogen and oxygen atoms in total. The van der Waals surface area contributed by atoms with Crippen LogP contribution in [0.15, 0.2) is 48.5 Å². The maximum Gasteiger partial charge on any atom is 0.407 e. The average Bonchev–Trinajstić information content (AvgIpc) is 3.08. The predicted molar refractivity (Wildman–Crippen MR) is 135 cm³/mol. The predicted octanol–water partition coefficient (Wildman–Crippen LogP) is 4.90. The Morgan fingerprint density at radius 2 is 1.54 bits per heavy atom. The van der Waals surface area contributed by atoms with Gasteiger partial charge in [-0.1, -0.05) is 83.1 Å². The van der Waals surface area contributed by atoms with E-state index in [0.717, 1.165) is 22.3 Å². The summed E-state index contributed by atoms with van der Waals surface area (Å²) in [5, 5.41) is 12.0. The second-order valence-electron chi connectivity index (χ2n) is 10.8. The topological polar surface area (TPSA) is 95.9 Å². The van der Waals surface area contributed by atoms with Crippen LogP contribution in [0.2, 0.25) is 0 Å². The number of carbonyl (C=O) groups is 3. The first-order valence-corrected chi connectivity index (χ1v) is 12.1. The molecule has 0 spiro atoms. The third kappa shape index (κ3) is 6.84. The van der Waals surface area contributed by atoms with Crippen LogP contribution < -0.4 is 5.32 Å². The lowest BCUT2D eigenvalue weighted by Gasteiger charge is -2.31. The van der Waals surface area contributed by atoms with Gasteiger partial charge < -0.3 is 20.1 Å². The van der Waals surface area contributed by atoms with Crippen molar-refractivity contribution in [1.82, 2.24) is 10.2 Å². The number of carboxylic acid groups (broad SMARTS) is 1. The van der Waals surface area contributed by atoms with Crippen molar-refractivity contribution >= 4 is 18.0 Å². The van der Waals surface area contributed by atoms with Crippen LogP contribution in [0.5, 0.6) is 0 Å². The standard InChI is InChI=1S/C28H36N2O5/c1-18(2)15-30(16-25(31)32)26(33)24(14-28(3,4)5)29-27(34)35-17-23-21-12-8-6-10-19(21)20-11-7-9-13-22(20)23/h6-13,18,23-24H,14-17H2,1-5H3,(H,29,34)(H,31,32). The number of carboxylic acids is 1. The van der Waals surface area contributed by atoms with E-state index >= 15 is 0 Å². The van der Waals surface area contributed by atoms with Gasteiger partial charge in [-0.15, -0.1) is 0 Å². The van der Waals surface area contributed by atoms with Gasteiger partial charge in [-0.25, -0.2) is 4.79 Å². The number of rotatable bonds is 9. The molecule has 0 saturated heterocycles. The number of benzene rings is 2. The highest BCUT2D eigenvalue weighted by molar-refractivity contribution is 5.88. The molecule has 1 aliphatic carbocycles. The SMILES string of the molecule is CC(C)CN(CC(=O)O)C(=O)C(CC(C)(C)C)NC(=O)OCC1c2ccccc2-c2ccccc21. The third-order valence-electron chi connectivity index (χ3n) is 5.97. The van der Waals surface area contributed by atoms with Crippen molar-refractivity contribution in [3.8, 4) is 11.1 Å². The van der Waals surface area contributed by atoms with E-state index in [2.05, 4.69) is 17.4 Å². The Labute approximate surface area is 207 Å². The van der Waals surface area contributed by atoms with Crippen LogP contribution >= 0.6 is 0 Å². The summed E-state index contributed by atoms with van der Waals surface area (Å²) < 4.78 is 5.64. The number of amides is 2. The molecular formula is C28H36N2O5. The summed E-state index contributed by atoms with van der Waals surface area (Å²) in [5.41, 5.74) is 4.21. The van der Waals surface area contributed by atoms with Crippen molar-refractivity contribution < 1.29 is 24.2 Å². The molecule has 1 atom stereocenters. The van der Waals surface area contributed by atoms with Gasteiger partial charge in [-0.05, 0) is 40.0 Å². The van der Waals surface area contributed by atoms with E-state index in [1.54, 1.807) is 0 Å². The number of hydrogen-bond donors (Lipinski definition) is 2. The number of ether oxygens (including phenoxy) is 1. The Morgan fingerprint density at radius 3 is 2.03 bits per heavy atom. The first kappa shape index (κ1) is 26.3. The molecular weight excluding hydrogens is 444 g/mol. The van der Waals surface area contributed by atoms with Crippen molar-refractivity contribution in [3.05, 3.63) is 59.7 Å². The summed E-state index contributed by atoms with van der Waals surface area (Å²) in [6.07, 6.45) is -0.334. The summed E-state index contributed by atoms with van der Waals surface area (Å²) in [6, 6.07) is 15.3. The van der Waals surface area contributed by atoms with Gasteiger partial charge in [0.25, 0.3) is 0 Å². The van der Waals surface area contributed by atoms with Gasteiger partial charge in [-0.3, -0.25) is 9.59 Å². The third-order valence-corrected chi connectivity index (χ3v) is 5.97. The van der Waals surface area contributed by atoms with Crippen LogP contribution in [-0.2, 0) is 14.3 Å². The summed E-state index contributed by atoms with van der Waals surface area (Å²) in [4.78, 5) is 38.8. The maximum absolute atomic E-state index is 13.3. The molecule has 0 radical (unpaired) electrons. The van der Waals surface area contributed by atoms with Gasteiger partial charge in [0.1, 0.15) is 19.2 Å². The highest BCUT2D eigenvalue weighted by atomic mass is 16.5. The minimum atomic E-state index is -1.09. The molecule has 2 aromatic rings. The second kappa shape index (κ2) is 10.9. The average molecular weight is 481 g/mol. The number of fused-ring (bicyclic) bond motifs is 3. The van der Waals surface area contributed by atoms with Gasteiger partial charge in [0.15, 0.2) is 0 Å². The number of alkyl carbamates (subject to hydrolysis) is 1. The van der Waals surface area contributed by atoms with Crippen LogP contribution in [0.1, 0.15) is 58.1 Å². The van der Waals surface area contributed by atoms with Gasteiger partial charge in [0.2, 0.25) is 5.91 Å². The van der Waals surface area contributed by atoms with Gasteiger partial charge >= 0.3 is 12.1 Å². The minimum Gasteiger partial charge on any atom is -0.480 e.